The Bertz CT molecular complexity index is 1540. The van der Waals surface area contributed by atoms with Crippen molar-refractivity contribution in [3.05, 3.63) is 94.7 Å². The lowest BCUT2D eigenvalue weighted by Crippen LogP contribution is -2.39. The van der Waals surface area contributed by atoms with E-state index in [2.05, 4.69) is 4.99 Å². The number of aromatic nitrogens is 1. The molecule has 3 aromatic rings. The van der Waals surface area contributed by atoms with Gasteiger partial charge < -0.3 is 9.84 Å². The van der Waals surface area contributed by atoms with Gasteiger partial charge in [-0.25, -0.2) is 9.79 Å². The zero-order valence-corrected chi connectivity index (χ0v) is 20.7. The van der Waals surface area contributed by atoms with Crippen LogP contribution in [0, 0.1) is 10.1 Å². The number of allylic oxidation sites excluding steroid dienone is 1. The summed E-state index contributed by atoms with van der Waals surface area (Å²) in [5.41, 5.74) is 0.651. The molecule has 1 aliphatic heterocycles. The first-order valence-electron chi connectivity index (χ1n) is 10.6. The summed E-state index contributed by atoms with van der Waals surface area (Å²) in [6.07, 6.45) is 3.35. The topological polar surface area (TPSA) is 124 Å². The number of thioether (sulfide) groups is 1. The van der Waals surface area contributed by atoms with Crippen LogP contribution in [0.25, 0.3) is 6.08 Å². The Morgan fingerprint density at radius 3 is 2.66 bits per heavy atom. The number of hydrogen-bond donors (Lipinski definition) is 1. The maximum absolute atomic E-state index is 13.6. The fourth-order valence-corrected chi connectivity index (χ4v) is 5.29. The lowest BCUT2D eigenvalue weighted by molar-refractivity contribution is -0.385. The maximum Gasteiger partial charge on any atom is 0.338 e. The van der Waals surface area contributed by atoms with Crippen molar-refractivity contribution in [2.24, 2.45) is 4.99 Å². The molecule has 0 amide bonds. The molecule has 0 saturated carbocycles. The van der Waals surface area contributed by atoms with Crippen LogP contribution in [-0.2, 0) is 9.53 Å². The van der Waals surface area contributed by atoms with Crippen LogP contribution in [0.2, 0.25) is 0 Å². The third-order valence-corrected chi connectivity index (χ3v) is 7.20. The van der Waals surface area contributed by atoms with E-state index in [1.165, 1.54) is 28.8 Å². The second-order valence-corrected chi connectivity index (χ2v) is 9.44. The van der Waals surface area contributed by atoms with E-state index in [1.807, 2.05) is 30.5 Å². The van der Waals surface area contributed by atoms with Crippen LogP contribution < -0.4 is 14.9 Å². The van der Waals surface area contributed by atoms with Crippen molar-refractivity contribution < 1.29 is 19.6 Å². The molecule has 2 aromatic carbocycles. The molecule has 11 heteroatoms. The van der Waals surface area contributed by atoms with Gasteiger partial charge in [-0.3, -0.25) is 19.5 Å². The molecule has 1 aliphatic rings. The van der Waals surface area contributed by atoms with Crippen LogP contribution in [0.15, 0.2) is 68.4 Å². The number of ether oxygens (including phenoxy) is 1. The molecule has 1 N–H and O–H groups in total. The number of phenolic OH excluding ortho intramolecular Hbond substituents is 1. The third kappa shape index (κ3) is 4.52. The largest absolute Gasteiger partial charge is 0.502 e. The fourth-order valence-electron chi connectivity index (χ4n) is 3.85. The summed E-state index contributed by atoms with van der Waals surface area (Å²) in [4.78, 5) is 42.9. The first kappa shape index (κ1) is 24.4. The number of nitrogens with zero attached hydrogens (tertiary/aromatic N) is 3. The monoisotopic (exact) mass is 511 g/mol. The molecule has 1 aromatic heterocycles. The summed E-state index contributed by atoms with van der Waals surface area (Å²) in [5, 5.41) is 21.5. The highest BCUT2D eigenvalue weighted by Gasteiger charge is 2.33. The predicted molar refractivity (Wildman–Crippen MR) is 133 cm³/mol. The van der Waals surface area contributed by atoms with Crippen LogP contribution in [-0.4, -0.2) is 33.4 Å². The van der Waals surface area contributed by atoms with E-state index >= 15 is 0 Å². The SMILES string of the molecule is CCOC(=O)C1=C(C)N=c2s/c(=C/c3cccc([N+](=O)[O-])c3O)c(=O)n2[C@H]1c1ccc(SC)cc1. The minimum atomic E-state index is -0.762. The molecule has 0 unspecified atom stereocenters. The van der Waals surface area contributed by atoms with Crippen molar-refractivity contribution >= 4 is 40.8 Å². The lowest BCUT2D eigenvalue weighted by atomic mass is 9.96. The number of benzene rings is 2. The van der Waals surface area contributed by atoms with Crippen LogP contribution >= 0.6 is 23.1 Å². The second kappa shape index (κ2) is 9.88. The average Bonchev–Trinajstić information content (AvgIpc) is 3.13. The molecule has 0 bridgehead atoms. The number of rotatable bonds is 6. The van der Waals surface area contributed by atoms with Crippen molar-refractivity contribution in [2.45, 2.75) is 24.8 Å². The molecule has 0 saturated heterocycles. The van der Waals surface area contributed by atoms with E-state index in [-0.39, 0.29) is 22.3 Å². The van der Waals surface area contributed by atoms with E-state index in [9.17, 15) is 24.8 Å². The highest BCUT2D eigenvalue weighted by Crippen LogP contribution is 2.32. The van der Waals surface area contributed by atoms with Gasteiger partial charge in [-0.2, -0.15) is 0 Å². The van der Waals surface area contributed by atoms with Gasteiger partial charge in [-0.1, -0.05) is 35.6 Å². The summed E-state index contributed by atoms with van der Waals surface area (Å²) >= 11 is 2.65. The number of esters is 1. The Kier molecular flexibility index (Phi) is 6.90. The molecule has 9 nitrogen and oxygen atoms in total. The van der Waals surface area contributed by atoms with Crippen molar-refractivity contribution in [1.29, 1.82) is 0 Å². The Morgan fingerprint density at radius 1 is 1.31 bits per heavy atom. The number of carbonyl (C=O) groups excluding carboxylic acids is 1. The van der Waals surface area contributed by atoms with Gasteiger partial charge >= 0.3 is 11.7 Å². The Hall–Kier alpha value is -3.70. The summed E-state index contributed by atoms with van der Waals surface area (Å²) < 4.78 is 6.92. The number of hydrogen-bond acceptors (Lipinski definition) is 9. The van der Waals surface area contributed by atoms with Crippen LogP contribution in [0.3, 0.4) is 0 Å². The molecule has 1 atom stereocenters. The Balaban J connectivity index is 1.95. The van der Waals surface area contributed by atoms with Crippen molar-refractivity contribution in [3.63, 3.8) is 0 Å². The zero-order chi connectivity index (χ0) is 25.3. The van der Waals surface area contributed by atoms with E-state index in [4.69, 9.17) is 4.74 Å². The minimum Gasteiger partial charge on any atom is -0.502 e. The molecular formula is C24H21N3O6S2. The number of carbonyl (C=O) groups is 1. The quantitative estimate of drug-likeness (QED) is 0.233. The fraction of sp³-hybridized carbons (Fsp3) is 0.208. The molecule has 0 spiro atoms. The second-order valence-electron chi connectivity index (χ2n) is 7.55. The van der Waals surface area contributed by atoms with Gasteiger partial charge in [0.25, 0.3) is 5.56 Å². The predicted octanol–water partition coefficient (Wildman–Crippen LogP) is 3.13. The normalized spacial score (nSPS) is 15.5. The van der Waals surface area contributed by atoms with Crippen molar-refractivity contribution in [1.82, 2.24) is 4.57 Å². The number of nitro benzene ring substituents is 1. The molecule has 2 heterocycles. The molecule has 0 aliphatic carbocycles. The number of phenols is 1. The van der Waals surface area contributed by atoms with Gasteiger partial charge in [-0.15, -0.1) is 11.8 Å². The highest BCUT2D eigenvalue weighted by atomic mass is 32.2. The summed E-state index contributed by atoms with van der Waals surface area (Å²) in [6.45, 7) is 3.57. The van der Waals surface area contributed by atoms with E-state index in [0.29, 0.717) is 16.1 Å². The van der Waals surface area contributed by atoms with Crippen LogP contribution in [0.1, 0.15) is 31.0 Å². The third-order valence-electron chi connectivity index (χ3n) is 5.48. The maximum atomic E-state index is 13.6. The first-order valence-corrected chi connectivity index (χ1v) is 12.6. The Morgan fingerprint density at radius 2 is 2.03 bits per heavy atom. The molecule has 0 radical (unpaired) electrons. The highest BCUT2D eigenvalue weighted by molar-refractivity contribution is 7.98. The van der Waals surface area contributed by atoms with Gasteiger partial charge in [0.1, 0.15) is 0 Å². The number of fused-ring (bicyclic) bond motifs is 1. The minimum absolute atomic E-state index is 0.131. The van der Waals surface area contributed by atoms with Crippen molar-refractivity contribution in [2.75, 3.05) is 12.9 Å². The number of thiazole rings is 1. The lowest BCUT2D eigenvalue weighted by Gasteiger charge is -2.24. The summed E-state index contributed by atoms with van der Waals surface area (Å²) in [5.74, 6) is -1.09. The molecule has 4 rings (SSSR count). The average molecular weight is 512 g/mol. The van der Waals surface area contributed by atoms with Gasteiger partial charge in [0.15, 0.2) is 4.80 Å². The molecular weight excluding hydrogens is 490 g/mol. The molecule has 0 fully saturated rings. The van der Waals surface area contributed by atoms with Gasteiger partial charge in [0.2, 0.25) is 5.75 Å². The number of para-hydroxylation sites is 1. The molecule has 180 valence electrons. The number of aromatic hydroxyl groups is 1. The zero-order valence-electron chi connectivity index (χ0n) is 19.0. The van der Waals surface area contributed by atoms with Gasteiger partial charge in [0, 0.05) is 16.5 Å². The van der Waals surface area contributed by atoms with Crippen LogP contribution in [0.4, 0.5) is 5.69 Å². The van der Waals surface area contributed by atoms with Crippen LogP contribution in [0.5, 0.6) is 5.75 Å². The number of nitro groups is 1. The molecule has 35 heavy (non-hydrogen) atoms. The standard InChI is InChI=1S/C24H21N3O6S2/c1-4-33-23(30)19-13(2)25-24-26(20(19)14-8-10-16(34-3)11-9-14)22(29)18(35-24)12-15-6-5-7-17(21(15)28)27(31)32/h5-12,20,28H,4H2,1-3H3/b18-12+/t20-/m0/s1. The van der Waals surface area contributed by atoms with E-state index < -0.39 is 33.9 Å². The van der Waals surface area contributed by atoms with Gasteiger partial charge in [-0.05, 0) is 43.9 Å². The Labute approximate surface area is 207 Å². The van der Waals surface area contributed by atoms with E-state index in [1.54, 1.807) is 25.6 Å². The summed E-state index contributed by atoms with van der Waals surface area (Å²) in [6, 6.07) is 10.9. The van der Waals surface area contributed by atoms with E-state index in [0.717, 1.165) is 16.2 Å². The van der Waals surface area contributed by atoms with Crippen molar-refractivity contribution in [3.8, 4) is 5.75 Å². The smallest absolute Gasteiger partial charge is 0.338 e. The first-order chi connectivity index (χ1) is 16.8. The summed E-state index contributed by atoms with van der Waals surface area (Å²) in [7, 11) is 0. The van der Waals surface area contributed by atoms with Gasteiger partial charge in [0.05, 0.1) is 33.4 Å².